The van der Waals surface area contributed by atoms with Crippen molar-refractivity contribution in [2.24, 2.45) is 10.3 Å². The predicted molar refractivity (Wildman–Crippen MR) is 82.7 cm³/mol. The molecule has 0 heterocycles. The second kappa shape index (κ2) is 5.91. The zero-order valence-corrected chi connectivity index (χ0v) is 14.0. The molecule has 7 nitrogen and oxygen atoms in total. The van der Waals surface area contributed by atoms with Crippen LogP contribution in [0.4, 0.5) is 5.69 Å². The molecule has 120 valence electrons. The first-order chi connectivity index (χ1) is 9.33. The highest BCUT2D eigenvalue weighted by Gasteiger charge is 2.21. The van der Waals surface area contributed by atoms with Crippen molar-refractivity contribution in [3.05, 3.63) is 23.3 Å². The molecule has 0 bridgehead atoms. The summed E-state index contributed by atoms with van der Waals surface area (Å²) in [5.41, 5.74) is 1.37. The Bertz CT molecular complexity index is 709. The topological polar surface area (TPSA) is 132 Å². The van der Waals surface area contributed by atoms with E-state index in [1.807, 2.05) is 27.7 Å². The van der Waals surface area contributed by atoms with Crippen LogP contribution in [-0.2, 0) is 20.2 Å². The highest BCUT2D eigenvalue weighted by Crippen LogP contribution is 2.35. The van der Waals surface area contributed by atoms with Crippen molar-refractivity contribution in [2.75, 3.05) is 4.72 Å². The molecule has 0 aromatic heterocycles. The Hall–Kier alpha value is -1.16. The van der Waals surface area contributed by atoms with Crippen LogP contribution in [0.5, 0.6) is 0 Å². The smallest absolute Gasteiger partial charge is 0.271 e. The number of rotatable bonds is 5. The average Bonchev–Trinajstić information content (AvgIpc) is 2.24. The molecule has 9 heteroatoms. The fourth-order valence-corrected chi connectivity index (χ4v) is 3.10. The van der Waals surface area contributed by atoms with Crippen molar-refractivity contribution in [3.63, 3.8) is 0 Å². The van der Waals surface area contributed by atoms with Crippen LogP contribution in [0, 0.1) is 0 Å². The van der Waals surface area contributed by atoms with Gasteiger partial charge in [0, 0.05) is 0 Å². The van der Waals surface area contributed by atoms with Crippen LogP contribution in [0.1, 0.15) is 50.7 Å². The van der Waals surface area contributed by atoms with E-state index in [1.54, 1.807) is 0 Å². The van der Waals surface area contributed by atoms with Gasteiger partial charge in [-0.2, -0.15) is 8.42 Å². The fourth-order valence-electron chi connectivity index (χ4n) is 1.99. The normalized spacial score (nSPS) is 13.0. The summed E-state index contributed by atoms with van der Waals surface area (Å²) in [5.74, 6) is -0.234. The third kappa shape index (κ3) is 4.67. The lowest BCUT2D eigenvalue weighted by Crippen LogP contribution is -2.24. The molecule has 0 aliphatic carbocycles. The van der Waals surface area contributed by atoms with E-state index in [9.17, 15) is 16.8 Å². The summed E-state index contributed by atoms with van der Waals surface area (Å²) >= 11 is 0. The van der Waals surface area contributed by atoms with Gasteiger partial charge < -0.3 is 0 Å². The lowest BCUT2D eigenvalue weighted by Gasteiger charge is -2.21. The summed E-state index contributed by atoms with van der Waals surface area (Å²) in [6, 6.07) is 2.75. The fraction of sp³-hybridized carbons (Fsp3) is 0.500. The van der Waals surface area contributed by atoms with E-state index in [-0.39, 0.29) is 16.7 Å². The van der Waals surface area contributed by atoms with Crippen LogP contribution < -0.4 is 15.0 Å². The van der Waals surface area contributed by atoms with Gasteiger partial charge >= 0.3 is 0 Å². The third-order valence-corrected chi connectivity index (χ3v) is 4.37. The number of anilines is 1. The number of hydrogen-bond donors (Lipinski definition) is 3. The van der Waals surface area contributed by atoms with Crippen LogP contribution in [0.25, 0.3) is 0 Å². The summed E-state index contributed by atoms with van der Waals surface area (Å²) in [4.78, 5) is -0.0464. The van der Waals surface area contributed by atoms with Crippen molar-refractivity contribution in [1.82, 2.24) is 0 Å². The Morgan fingerprint density at radius 2 is 1.29 bits per heavy atom. The molecule has 0 aliphatic heterocycles. The van der Waals surface area contributed by atoms with Crippen molar-refractivity contribution < 1.29 is 16.8 Å². The number of hydrogen-bond acceptors (Lipinski definition) is 4. The molecule has 21 heavy (non-hydrogen) atoms. The Morgan fingerprint density at radius 3 is 1.52 bits per heavy atom. The molecule has 0 atom stereocenters. The largest absolute Gasteiger partial charge is 0.296 e. The first kappa shape index (κ1) is 17.9. The first-order valence-electron chi connectivity index (χ1n) is 6.34. The monoisotopic (exact) mass is 335 g/mol. The van der Waals surface area contributed by atoms with Crippen molar-refractivity contribution in [2.45, 2.75) is 44.4 Å². The predicted octanol–water partition coefficient (Wildman–Crippen LogP) is 1.20. The van der Waals surface area contributed by atoms with E-state index in [0.29, 0.717) is 16.8 Å². The Labute approximate surface area is 126 Å². The van der Waals surface area contributed by atoms with E-state index >= 15 is 0 Å². The van der Waals surface area contributed by atoms with Gasteiger partial charge in [0.1, 0.15) is 0 Å². The third-order valence-electron chi connectivity index (χ3n) is 2.99. The molecule has 1 aromatic carbocycles. The molecule has 0 saturated carbocycles. The summed E-state index contributed by atoms with van der Waals surface area (Å²) in [5, 5.41) is 10.2. The lowest BCUT2D eigenvalue weighted by molar-refractivity contribution is 0.597. The summed E-state index contributed by atoms with van der Waals surface area (Å²) < 4.78 is 48.2. The van der Waals surface area contributed by atoms with Gasteiger partial charge in [0.05, 0.1) is 10.6 Å². The second-order valence-electron chi connectivity index (χ2n) is 5.48. The average molecular weight is 335 g/mol. The molecule has 5 N–H and O–H groups in total. The molecular formula is C12H21N3O4S2. The number of primary sulfonamides is 1. The zero-order valence-electron chi connectivity index (χ0n) is 12.4. The van der Waals surface area contributed by atoms with E-state index in [4.69, 9.17) is 10.3 Å². The highest BCUT2D eigenvalue weighted by atomic mass is 32.2. The Balaban J connectivity index is 3.75. The minimum atomic E-state index is -3.97. The SMILES string of the molecule is CC(C)c1cc(S(N)(=O)=O)cc(C(C)C)c1NS(N)(=O)=O. The van der Waals surface area contributed by atoms with Crippen molar-refractivity contribution in [1.29, 1.82) is 0 Å². The standard InChI is InChI=1S/C12H21N3O4S2/c1-7(2)10-5-9(20(13,16)17)6-11(8(3)4)12(10)15-21(14,18)19/h5-8,15H,1-4H3,(H2,13,16,17)(H2,14,18,19). The summed E-state index contributed by atoms with van der Waals surface area (Å²) in [6.07, 6.45) is 0. The van der Waals surface area contributed by atoms with Gasteiger partial charge in [-0.1, -0.05) is 27.7 Å². The molecule has 0 amide bonds. The van der Waals surface area contributed by atoms with Gasteiger partial charge in [0.15, 0.2) is 0 Å². The summed E-state index contributed by atoms with van der Waals surface area (Å²) in [6.45, 7) is 7.28. The molecule has 0 aliphatic rings. The van der Waals surface area contributed by atoms with Gasteiger partial charge in [-0.15, -0.1) is 0 Å². The van der Waals surface area contributed by atoms with E-state index in [1.165, 1.54) is 12.1 Å². The lowest BCUT2D eigenvalue weighted by atomic mass is 9.93. The number of nitrogens with two attached hydrogens (primary N) is 2. The molecule has 0 saturated heterocycles. The number of benzene rings is 1. The first-order valence-corrected chi connectivity index (χ1v) is 9.43. The van der Waals surface area contributed by atoms with Crippen molar-refractivity contribution >= 4 is 25.9 Å². The zero-order chi connectivity index (χ0) is 16.6. The van der Waals surface area contributed by atoms with E-state index < -0.39 is 20.2 Å². The molecule has 0 radical (unpaired) electrons. The minimum Gasteiger partial charge on any atom is -0.271 e. The molecule has 1 aromatic rings. The highest BCUT2D eigenvalue weighted by molar-refractivity contribution is 7.90. The van der Waals surface area contributed by atoms with E-state index in [2.05, 4.69) is 4.72 Å². The van der Waals surface area contributed by atoms with Gasteiger partial charge in [-0.25, -0.2) is 18.7 Å². The molecule has 0 fully saturated rings. The van der Waals surface area contributed by atoms with Crippen molar-refractivity contribution in [3.8, 4) is 0 Å². The van der Waals surface area contributed by atoms with E-state index in [0.717, 1.165) is 0 Å². The Kier molecular flexibility index (Phi) is 5.04. The minimum absolute atomic E-state index is 0.0464. The molecule has 1 rings (SSSR count). The van der Waals surface area contributed by atoms with Gasteiger partial charge in [0.25, 0.3) is 10.2 Å². The second-order valence-corrected chi connectivity index (χ2v) is 8.33. The maximum absolute atomic E-state index is 11.6. The maximum atomic E-state index is 11.6. The quantitative estimate of drug-likeness (QED) is 0.745. The number of nitrogens with one attached hydrogen (secondary N) is 1. The molecule has 0 spiro atoms. The van der Waals surface area contributed by atoms with Crippen LogP contribution in [0.2, 0.25) is 0 Å². The molecule has 0 unspecified atom stereocenters. The van der Waals surface area contributed by atoms with Crippen LogP contribution in [0.15, 0.2) is 17.0 Å². The summed E-state index contributed by atoms with van der Waals surface area (Å²) in [7, 11) is -7.85. The van der Waals surface area contributed by atoms with Gasteiger partial charge in [-0.3, -0.25) is 4.72 Å². The number of sulfonamides is 1. The van der Waals surface area contributed by atoms with Crippen LogP contribution in [-0.4, -0.2) is 16.8 Å². The van der Waals surface area contributed by atoms with Crippen LogP contribution in [0.3, 0.4) is 0 Å². The van der Waals surface area contributed by atoms with Gasteiger partial charge in [-0.05, 0) is 35.1 Å². The molecular weight excluding hydrogens is 314 g/mol. The van der Waals surface area contributed by atoms with Crippen LogP contribution >= 0.6 is 0 Å². The Morgan fingerprint density at radius 1 is 0.905 bits per heavy atom. The maximum Gasteiger partial charge on any atom is 0.296 e. The van der Waals surface area contributed by atoms with Gasteiger partial charge in [0.2, 0.25) is 10.0 Å².